The van der Waals surface area contributed by atoms with Gasteiger partial charge in [-0.3, -0.25) is 15.2 Å². The first-order valence-electron chi connectivity index (χ1n) is 12.2. The Morgan fingerprint density at radius 2 is 1.89 bits per heavy atom. The van der Waals surface area contributed by atoms with Crippen LogP contribution >= 0.6 is 0 Å². The Morgan fingerprint density at radius 3 is 2.56 bits per heavy atom. The lowest BCUT2D eigenvalue weighted by molar-refractivity contribution is -0.132. The molecule has 4 rings (SSSR count). The minimum Gasteiger partial charge on any atom is -0.379 e. The van der Waals surface area contributed by atoms with Crippen LogP contribution in [-0.2, 0) is 26.0 Å². The van der Waals surface area contributed by atoms with Crippen molar-refractivity contribution in [3.8, 4) is 0 Å². The molecule has 1 atom stereocenters. The first kappa shape index (κ1) is 26.2. The van der Waals surface area contributed by atoms with Gasteiger partial charge in [0, 0.05) is 32.8 Å². The Morgan fingerprint density at radius 1 is 1.19 bits per heavy atom. The zero-order valence-electron chi connectivity index (χ0n) is 21.2. The van der Waals surface area contributed by atoms with Crippen LogP contribution in [-0.4, -0.2) is 78.0 Å². The molecule has 3 heterocycles. The van der Waals surface area contributed by atoms with Crippen LogP contribution in [0, 0.1) is 12.8 Å². The topological polar surface area (TPSA) is 121 Å². The van der Waals surface area contributed by atoms with E-state index in [4.69, 9.17) is 4.74 Å². The minimum absolute atomic E-state index is 0.131. The Hall–Kier alpha value is -2.86. The number of hydrogen-bond acceptors (Lipinski definition) is 7. The van der Waals surface area contributed by atoms with Crippen molar-refractivity contribution in [3.63, 3.8) is 0 Å². The number of hydrazine groups is 1. The maximum absolute atomic E-state index is 13.5. The average Bonchev–Trinajstić information content (AvgIpc) is 3.24. The van der Waals surface area contributed by atoms with Crippen LogP contribution in [0.25, 0.3) is 11.0 Å². The number of ether oxygens (including phenoxy) is 1. The van der Waals surface area contributed by atoms with Gasteiger partial charge >= 0.3 is 0 Å². The largest absolute Gasteiger partial charge is 0.379 e. The molecule has 2 N–H and O–H groups in total. The molecule has 1 aliphatic rings. The number of pyridine rings is 1. The number of hydrogen-bond donors (Lipinski definition) is 2. The Bertz CT molecular complexity index is 1300. The molecule has 36 heavy (non-hydrogen) atoms. The van der Waals surface area contributed by atoms with E-state index in [2.05, 4.69) is 20.4 Å². The molecule has 0 spiro atoms. The number of aryl methyl sites for hydroxylation is 1. The number of fused-ring (bicyclic) bond motifs is 1. The molecule has 0 saturated carbocycles. The van der Waals surface area contributed by atoms with Gasteiger partial charge in [0.2, 0.25) is 10.0 Å². The predicted molar refractivity (Wildman–Crippen MR) is 137 cm³/mol. The first-order chi connectivity index (χ1) is 17.1. The summed E-state index contributed by atoms with van der Waals surface area (Å²) >= 11 is 0. The molecular weight excluding hydrogens is 480 g/mol. The third kappa shape index (κ3) is 5.92. The van der Waals surface area contributed by atoms with Gasteiger partial charge in [-0.25, -0.2) is 18.4 Å². The van der Waals surface area contributed by atoms with Crippen molar-refractivity contribution in [1.29, 1.82) is 0 Å². The van der Waals surface area contributed by atoms with Crippen molar-refractivity contribution in [3.05, 3.63) is 53.6 Å². The van der Waals surface area contributed by atoms with Crippen LogP contribution < -0.4 is 5.43 Å². The molecule has 2 aromatic heterocycles. The molecule has 1 fully saturated rings. The molecule has 3 aromatic rings. The maximum Gasteiger partial charge on any atom is 0.252 e. The zero-order chi connectivity index (χ0) is 25.9. The summed E-state index contributed by atoms with van der Waals surface area (Å²) in [7, 11) is -2.42. The smallest absolute Gasteiger partial charge is 0.252 e. The van der Waals surface area contributed by atoms with E-state index in [1.165, 1.54) is 11.4 Å². The molecule has 0 unspecified atom stereocenters. The van der Waals surface area contributed by atoms with Gasteiger partial charge in [0.05, 0.1) is 29.3 Å². The number of nitrogens with zero attached hydrogens (tertiary/aromatic N) is 4. The normalized spacial score (nSPS) is 16.1. The second-order valence-corrected chi connectivity index (χ2v) is 11.5. The fourth-order valence-electron chi connectivity index (χ4n) is 4.32. The number of sulfonamides is 1. The number of carbonyl (C=O) groups is 1. The number of carbonyl (C=O) groups excluding carboxylic acids is 1. The number of nitrogens with one attached hydrogen (secondary N) is 2. The van der Waals surface area contributed by atoms with Crippen LogP contribution in [0.15, 0.2) is 41.4 Å². The standard InChI is InChI=1S/C25H34N6O4S/c1-17(2)15-23(25(32)29-31-11-13-35-14-12-31)30(4)36(33,34)20-7-5-19(6-8-20)16-22-24-21(9-10-26-22)27-18(3)28-24/h5-10,17,23H,11-16H2,1-4H3,(H,27,28)(H,29,32)/t23-/m0/s1. The van der Waals surface area contributed by atoms with Gasteiger partial charge in [0.15, 0.2) is 0 Å². The monoisotopic (exact) mass is 514 g/mol. The first-order valence-corrected chi connectivity index (χ1v) is 13.6. The van der Waals surface area contributed by atoms with E-state index >= 15 is 0 Å². The molecule has 194 valence electrons. The van der Waals surface area contributed by atoms with E-state index in [0.29, 0.717) is 39.1 Å². The number of likely N-dealkylation sites (N-methyl/N-ethyl adjacent to an activating group) is 1. The molecule has 10 nitrogen and oxygen atoms in total. The summed E-state index contributed by atoms with van der Waals surface area (Å²) in [5, 5.41) is 1.78. The van der Waals surface area contributed by atoms with Crippen molar-refractivity contribution < 1.29 is 17.9 Å². The molecule has 1 amide bonds. The quantitative estimate of drug-likeness (QED) is 0.449. The van der Waals surface area contributed by atoms with Crippen LogP contribution in [0.5, 0.6) is 0 Å². The van der Waals surface area contributed by atoms with E-state index in [1.807, 2.05) is 26.8 Å². The van der Waals surface area contributed by atoms with E-state index in [1.54, 1.807) is 35.5 Å². The Labute approximate surface area is 212 Å². The highest BCUT2D eigenvalue weighted by molar-refractivity contribution is 7.89. The van der Waals surface area contributed by atoms with Gasteiger partial charge in [-0.1, -0.05) is 26.0 Å². The Balaban J connectivity index is 1.51. The summed E-state index contributed by atoms with van der Waals surface area (Å²) in [6.07, 6.45) is 2.67. The number of imidazole rings is 1. The SMILES string of the molecule is Cc1nc2c(Cc3ccc(S(=O)(=O)N(C)[C@@H](CC(C)C)C(=O)NN4CCOCC4)cc3)nccc2[nH]1. The van der Waals surface area contributed by atoms with Crippen molar-refractivity contribution in [1.82, 2.24) is 29.7 Å². The maximum atomic E-state index is 13.5. The summed E-state index contributed by atoms with van der Waals surface area (Å²) in [6, 6.07) is 7.79. The fraction of sp³-hybridized carbons (Fsp3) is 0.480. The van der Waals surface area contributed by atoms with Gasteiger partial charge in [0.1, 0.15) is 17.4 Å². The van der Waals surface area contributed by atoms with Gasteiger partial charge < -0.3 is 9.72 Å². The summed E-state index contributed by atoms with van der Waals surface area (Å²) in [5.41, 5.74) is 6.35. The molecule has 1 aliphatic heterocycles. The third-order valence-corrected chi connectivity index (χ3v) is 8.16. The number of aromatic nitrogens is 3. The molecule has 0 bridgehead atoms. The Kier molecular flexibility index (Phi) is 8.04. The van der Waals surface area contributed by atoms with Crippen LogP contribution in [0.3, 0.4) is 0 Å². The number of aromatic amines is 1. The summed E-state index contributed by atoms with van der Waals surface area (Å²) in [6.45, 7) is 8.03. The van der Waals surface area contributed by atoms with Gasteiger partial charge in [-0.15, -0.1) is 0 Å². The molecule has 0 radical (unpaired) electrons. The van der Waals surface area contributed by atoms with Gasteiger partial charge in [0.25, 0.3) is 5.91 Å². The second kappa shape index (κ2) is 11.0. The lowest BCUT2D eigenvalue weighted by atomic mass is 10.0. The highest BCUT2D eigenvalue weighted by atomic mass is 32.2. The lowest BCUT2D eigenvalue weighted by Gasteiger charge is -2.32. The van der Waals surface area contributed by atoms with E-state index < -0.39 is 16.1 Å². The molecule has 11 heteroatoms. The number of H-pyrrole nitrogens is 1. The minimum atomic E-state index is -3.89. The predicted octanol–water partition coefficient (Wildman–Crippen LogP) is 2.26. The summed E-state index contributed by atoms with van der Waals surface area (Å²) in [5.74, 6) is 0.616. The highest BCUT2D eigenvalue weighted by Crippen LogP contribution is 2.23. The van der Waals surface area contributed by atoms with Crippen molar-refractivity contribution in [2.75, 3.05) is 33.4 Å². The molecule has 0 aliphatic carbocycles. The van der Waals surface area contributed by atoms with Crippen LogP contribution in [0.2, 0.25) is 0 Å². The summed E-state index contributed by atoms with van der Waals surface area (Å²) in [4.78, 5) is 25.5. The molecule has 1 aromatic carbocycles. The van der Waals surface area contributed by atoms with Crippen LogP contribution in [0.1, 0.15) is 37.4 Å². The number of amides is 1. The van der Waals surface area contributed by atoms with Crippen molar-refractivity contribution in [2.45, 2.75) is 44.6 Å². The number of benzene rings is 1. The highest BCUT2D eigenvalue weighted by Gasteiger charge is 2.34. The van der Waals surface area contributed by atoms with E-state index in [0.717, 1.165) is 28.1 Å². The zero-order valence-corrected chi connectivity index (χ0v) is 22.0. The summed E-state index contributed by atoms with van der Waals surface area (Å²) < 4.78 is 33.5. The van der Waals surface area contributed by atoms with Crippen molar-refractivity contribution >= 4 is 27.0 Å². The average molecular weight is 515 g/mol. The van der Waals surface area contributed by atoms with Gasteiger partial charge in [-0.05, 0) is 43.0 Å². The number of morpholine rings is 1. The lowest BCUT2D eigenvalue weighted by Crippen LogP contribution is -2.55. The van der Waals surface area contributed by atoms with Gasteiger partial charge in [-0.2, -0.15) is 4.31 Å². The van der Waals surface area contributed by atoms with E-state index in [9.17, 15) is 13.2 Å². The molecular formula is C25H34N6O4S. The third-order valence-electron chi connectivity index (χ3n) is 6.28. The number of rotatable bonds is 9. The van der Waals surface area contributed by atoms with E-state index in [-0.39, 0.29) is 16.7 Å². The van der Waals surface area contributed by atoms with Crippen molar-refractivity contribution in [2.24, 2.45) is 5.92 Å². The van der Waals surface area contributed by atoms with Crippen LogP contribution in [0.4, 0.5) is 0 Å². The molecule has 1 saturated heterocycles. The second-order valence-electron chi connectivity index (χ2n) is 9.54. The fourth-order valence-corrected chi connectivity index (χ4v) is 5.65.